The smallest absolute Gasteiger partial charge is 0.290 e. The van der Waals surface area contributed by atoms with Gasteiger partial charge in [0, 0.05) is 31.2 Å². The fourth-order valence-corrected chi connectivity index (χ4v) is 5.51. The summed E-state index contributed by atoms with van der Waals surface area (Å²) in [6.45, 7) is 2.58. The molecule has 0 radical (unpaired) electrons. The van der Waals surface area contributed by atoms with E-state index in [4.69, 9.17) is 4.74 Å². The topological polar surface area (TPSA) is 108 Å². The molecule has 2 aromatic carbocycles. The Bertz CT molecular complexity index is 1240. The van der Waals surface area contributed by atoms with Crippen LogP contribution in [-0.4, -0.2) is 67.2 Å². The van der Waals surface area contributed by atoms with Crippen LogP contribution in [-0.2, 0) is 4.79 Å². The van der Waals surface area contributed by atoms with Crippen LogP contribution in [0.3, 0.4) is 0 Å². The van der Waals surface area contributed by atoms with Crippen molar-refractivity contribution in [2.24, 2.45) is 0 Å². The van der Waals surface area contributed by atoms with E-state index in [0.717, 1.165) is 42.5 Å². The molecule has 2 fully saturated rings. The molecule has 4 amide bonds. The number of rotatable bonds is 8. The van der Waals surface area contributed by atoms with Crippen LogP contribution in [0.4, 0.5) is 10.5 Å². The Balaban J connectivity index is 1.19. The zero-order valence-electron chi connectivity index (χ0n) is 19.8. The van der Waals surface area contributed by atoms with E-state index >= 15 is 0 Å². The van der Waals surface area contributed by atoms with E-state index in [1.54, 1.807) is 37.5 Å². The summed E-state index contributed by atoms with van der Waals surface area (Å²) >= 11 is 0.892. The Kier molecular flexibility index (Phi) is 6.80. The average Bonchev–Trinajstić information content (AvgIpc) is 3.54. The van der Waals surface area contributed by atoms with Crippen molar-refractivity contribution in [3.05, 3.63) is 64.1 Å². The third kappa shape index (κ3) is 4.61. The van der Waals surface area contributed by atoms with Gasteiger partial charge < -0.3 is 15.0 Å². The van der Waals surface area contributed by atoms with Crippen LogP contribution in [0.25, 0.3) is 6.08 Å². The summed E-state index contributed by atoms with van der Waals surface area (Å²) < 4.78 is 5.61. The fraction of sp³-hybridized carbons (Fsp3) is 0.308. The molecule has 36 heavy (non-hydrogen) atoms. The average molecular weight is 507 g/mol. The Morgan fingerprint density at radius 2 is 1.83 bits per heavy atom. The summed E-state index contributed by atoms with van der Waals surface area (Å²) in [7, 11) is 1.61. The molecule has 0 saturated carbocycles. The highest BCUT2D eigenvalue weighted by Gasteiger charge is 2.34. The van der Waals surface area contributed by atoms with Gasteiger partial charge >= 0.3 is 0 Å². The molecule has 2 N–H and O–H groups in total. The van der Waals surface area contributed by atoms with Gasteiger partial charge in [0.15, 0.2) is 0 Å². The van der Waals surface area contributed by atoms with E-state index in [1.807, 2.05) is 18.2 Å². The minimum absolute atomic E-state index is 0.225. The summed E-state index contributed by atoms with van der Waals surface area (Å²) in [6, 6.07) is 12.8. The zero-order chi connectivity index (χ0) is 25.2. The van der Waals surface area contributed by atoms with E-state index in [9.17, 15) is 19.2 Å². The Hall–Kier alpha value is -3.63. The number of amides is 4. The number of hydrogen-bond acceptors (Lipinski definition) is 8. The second kappa shape index (κ2) is 10.2. The highest BCUT2D eigenvalue weighted by molar-refractivity contribution is 8.18. The van der Waals surface area contributed by atoms with Crippen LogP contribution in [0.15, 0.2) is 47.4 Å². The zero-order valence-corrected chi connectivity index (χ0v) is 20.6. The van der Waals surface area contributed by atoms with Gasteiger partial charge in [0.05, 0.1) is 28.8 Å². The lowest BCUT2D eigenvalue weighted by Crippen LogP contribution is -2.36. The van der Waals surface area contributed by atoms with E-state index < -0.39 is 5.91 Å². The summed E-state index contributed by atoms with van der Waals surface area (Å²) in [5, 5.41) is 5.45. The van der Waals surface area contributed by atoms with Gasteiger partial charge in [-0.15, -0.1) is 0 Å². The first-order valence-corrected chi connectivity index (χ1v) is 12.6. The number of carbonyl (C=O) groups excluding carboxylic acids is 4. The minimum Gasteiger partial charge on any atom is -0.495 e. The molecule has 5 rings (SSSR count). The van der Waals surface area contributed by atoms with Crippen LogP contribution in [0.5, 0.6) is 5.75 Å². The maximum atomic E-state index is 12.5. The van der Waals surface area contributed by atoms with Crippen molar-refractivity contribution in [3.63, 3.8) is 0 Å². The summed E-state index contributed by atoms with van der Waals surface area (Å²) in [5.74, 6) is -0.143. The molecule has 0 aromatic heterocycles. The maximum absolute atomic E-state index is 12.5. The number of methoxy groups -OCH3 is 1. The first kappa shape index (κ1) is 24.1. The van der Waals surface area contributed by atoms with Gasteiger partial charge in [-0.3, -0.25) is 29.4 Å². The Labute approximate surface area is 212 Å². The Morgan fingerprint density at radius 3 is 2.50 bits per heavy atom. The fourth-order valence-electron chi connectivity index (χ4n) is 4.84. The number of fused-ring (bicyclic) bond motifs is 1. The number of nitrogens with zero attached hydrogens (tertiary/aromatic N) is 2. The molecule has 1 atom stereocenters. The van der Waals surface area contributed by atoms with Gasteiger partial charge in [0.2, 0.25) is 0 Å². The van der Waals surface area contributed by atoms with Crippen molar-refractivity contribution in [1.29, 1.82) is 0 Å². The van der Waals surface area contributed by atoms with Gasteiger partial charge in [-0.25, -0.2) is 0 Å². The van der Waals surface area contributed by atoms with Gasteiger partial charge in [-0.2, -0.15) is 0 Å². The monoisotopic (exact) mass is 506 g/mol. The summed E-state index contributed by atoms with van der Waals surface area (Å²) in [4.78, 5) is 52.6. The highest BCUT2D eigenvalue weighted by Crippen LogP contribution is 2.37. The van der Waals surface area contributed by atoms with E-state index in [2.05, 4.69) is 15.5 Å². The Morgan fingerprint density at radius 1 is 1.08 bits per heavy atom. The molecule has 3 heterocycles. The summed E-state index contributed by atoms with van der Waals surface area (Å²) in [6.07, 6.45) is 3.30. The van der Waals surface area contributed by atoms with E-state index in [1.165, 1.54) is 4.90 Å². The van der Waals surface area contributed by atoms with Gasteiger partial charge in [0.25, 0.3) is 23.0 Å². The van der Waals surface area contributed by atoms with E-state index in [0.29, 0.717) is 41.3 Å². The van der Waals surface area contributed by atoms with Crippen LogP contribution in [0.1, 0.15) is 39.1 Å². The van der Waals surface area contributed by atoms with Crippen molar-refractivity contribution in [3.8, 4) is 5.75 Å². The van der Waals surface area contributed by atoms with E-state index in [-0.39, 0.29) is 23.1 Å². The van der Waals surface area contributed by atoms with Crippen LogP contribution < -0.4 is 20.3 Å². The molecular weight excluding hydrogens is 480 g/mol. The summed E-state index contributed by atoms with van der Waals surface area (Å²) in [5.41, 5.74) is 2.65. The standard InChI is InChI=1S/C26H26N4O5S/c1-35-20-9-4-6-16(14-21-23(31)28-26(34)36-21)22(20)29-13-10-17(15-29)27-11-5-12-30-24(32)18-7-2-3-8-19(18)25(30)33/h2-4,6-9,14,17,27H,5,10-13,15H2,1H3,(H,28,31,34)/t17-/m0/s1. The molecule has 3 aliphatic rings. The molecule has 0 spiro atoms. The third-order valence-electron chi connectivity index (χ3n) is 6.55. The van der Waals surface area contributed by atoms with Crippen LogP contribution in [0.2, 0.25) is 0 Å². The quantitative estimate of drug-likeness (QED) is 0.320. The predicted octanol–water partition coefficient (Wildman–Crippen LogP) is 2.87. The molecule has 0 bridgehead atoms. The number of carbonyl (C=O) groups is 4. The normalized spacial score (nSPS) is 20.5. The predicted molar refractivity (Wildman–Crippen MR) is 137 cm³/mol. The number of nitrogens with one attached hydrogen (secondary N) is 2. The molecule has 2 aromatic rings. The lowest BCUT2D eigenvalue weighted by molar-refractivity contribution is -0.115. The number of anilines is 1. The second-order valence-corrected chi connectivity index (χ2v) is 9.81. The number of thioether (sulfide) groups is 1. The van der Waals surface area contributed by atoms with Crippen molar-refractivity contribution in [1.82, 2.24) is 15.5 Å². The molecule has 2 saturated heterocycles. The van der Waals surface area contributed by atoms with Gasteiger partial charge in [0.1, 0.15) is 5.75 Å². The molecule has 10 heteroatoms. The second-order valence-electron chi connectivity index (χ2n) is 8.80. The van der Waals surface area contributed by atoms with Crippen molar-refractivity contribution < 1.29 is 23.9 Å². The number of para-hydroxylation sites is 1. The number of hydrogen-bond donors (Lipinski definition) is 2. The van der Waals surface area contributed by atoms with Crippen molar-refractivity contribution in [2.45, 2.75) is 18.9 Å². The number of imide groups is 2. The molecule has 186 valence electrons. The largest absolute Gasteiger partial charge is 0.495 e. The lowest BCUT2D eigenvalue weighted by Gasteiger charge is -2.24. The number of benzene rings is 2. The van der Waals surface area contributed by atoms with Crippen LogP contribution in [0, 0.1) is 0 Å². The highest BCUT2D eigenvalue weighted by atomic mass is 32.2. The van der Waals surface area contributed by atoms with Gasteiger partial charge in [-0.05, 0) is 55.4 Å². The molecule has 3 aliphatic heterocycles. The SMILES string of the molecule is COc1cccc(C=C2SC(=O)NC2=O)c1N1CC[C@H](NCCCN2C(=O)c3ccccc3C2=O)C1. The molecular formula is C26H26N4O5S. The molecule has 9 nitrogen and oxygen atoms in total. The first-order chi connectivity index (χ1) is 17.5. The minimum atomic E-state index is -0.391. The van der Waals surface area contributed by atoms with Gasteiger partial charge in [-0.1, -0.05) is 24.3 Å². The first-order valence-electron chi connectivity index (χ1n) is 11.8. The number of ether oxygens (including phenoxy) is 1. The van der Waals surface area contributed by atoms with Crippen LogP contribution >= 0.6 is 11.8 Å². The molecule has 0 unspecified atom stereocenters. The maximum Gasteiger partial charge on any atom is 0.290 e. The molecule has 0 aliphatic carbocycles. The lowest BCUT2D eigenvalue weighted by atomic mass is 10.1. The van der Waals surface area contributed by atoms with Crippen molar-refractivity contribution >= 4 is 46.5 Å². The third-order valence-corrected chi connectivity index (χ3v) is 7.36. The van der Waals surface area contributed by atoms with Crippen molar-refractivity contribution in [2.75, 3.05) is 38.2 Å².